The lowest BCUT2D eigenvalue weighted by Crippen LogP contribution is -2.14. The van der Waals surface area contributed by atoms with E-state index >= 15 is 0 Å². The number of carbonyl (C=O) groups excluding carboxylic acids is 1. The van der Waals surface area contributed by atoms with E-state index in [0.717, 1.165) is 0 Å². The molecule has 3 heterocycles. The molecule has 0 bridgehead atoms. The molecule has 0 saturated carbocycles. The second-order valence-electron chi connectivity index (χ2n) is 6.83. The van der Waals surface area contributed by atoms with E-state index < -0.39 is 0 Å². The predicted octanol–water partition coefficient (Wildman–Crippen LogP) is 4.10. The Balaban J connectivity index is 1.66. The molecule has 3 aromatic heterocycles. The van der Waals surface area contributed by atoms with E-state index in [2.05, 4.69) is 25.5 Å². The third-order valence-corrected chi connectivity index (χ3v) is 4.52. The summed E-state index contributed by atoms with van der Waals surface area (Å²) >= 11 is 0. The van der Waals surface area contributed by atoms with Gasteiger partial charge < -0.3 is 14.9 Å². The lowest BCUT2D eigenvalue weighted by atomic mass is 10.1. The number of anilines is 1. The highest BCUT2D eigenvalue weighted by Gasteiger charge is 2.18. The van der Waals surface area contributed by atoms with Gasteiger partial charge in [0.15, 0.2) is 5.82 Å². The molecule has 7 nitrogen and oxygen atoms in total. The molecule has 1 amide bonds. The van der Waals surface area contributed by atoms with Crippen LogP contribution < -0.4 is 5.32 Å². The van der Waals surface area contributed by atoms with Crippen LogP contribution in [0.4, 0.5) is 10.2 Å². The largest absolute Gasteiger partial charge is 0.358 e. The van der Waals surface area contributed by atoms with Crippen molar-refractivity contribution in [3.05, 3.63) is 59.8 Å². The zero-order valence-corrected chi connectivity index (χ0v) is 15.7. The number of nitrogens with zero attached hydrogens (tertiary/aromatic N) is 4. The summed E-state index contributed by atoms with van der Waals surface area (Å²) in [5, 5.41) is 11.6. The minimum atomic E-state index is -0.357. The number of H-pyrrole nitrogens is 1. The van der Waals surface area contributed by atoms with E-state index in [-0.39, 0.29) is 17.8 Å². The summed E-state index contributed by atoms with van der Waals surface area (Å²) in [6.07, 6.45) is 1.65. The number of halogens is 1. The first-order valence-electron chi connectivity index (χ1n) is 8.90. The number of aryl methyl sites for hydroxylation is 1. The summed E-state index contributed by atoms with van der Waals surface area (Å²) in [6.45, 7) is 5.84. The molecule has 4 rings (SSSR count). The van der Waals surface area contributed by atoms with Gasteiger partial charge in [0.1, 0.15) is 23.7 Å². The Morgan fingerprint density at radius 2 is 2.07 bits per heavy atom. The maximum atomic E-state index is 13.5. The summed E-state index contributed by atoms with van der Waals surface area (Å²) in [4.78, 5) is 20.4. The van der Waals surface area contributed by atoms with Crippen LogP contribution in [0.3, 0.4) is 0 Å². The zero-order valence-electron chi connectivity index (χ0n) is 15.7. The van der Waals surface area contributed by atoms with Crippen molar-refractivity contribution in [1.29, 1.82) is 0 Å². The molecule has 142 valence electrons. The van der Waals surface area contributed by atoms with Crippen molar-refractivity contribution in [1.82, 2.24) is 24.7 Å². The average Bonchev–Trinajstić information content (AvgIpc) is 3.25. The number of rotatable bonds is 4. The van der Waals surface area contributed by atoms with Crippen molar-refractivity contribution in [3.63, 3.8) is 0 Å². The minimum absolute atomic E-state index is 0.180. The van der Waals surface area contributed by atoms with Crippen molar-refractivity contribution >= 4 is 22.6 Å². The van der Waals surface area contributed by atoms with Crippen molar-refractivity contribution in [3.8, 4) is 11.5 Å². The predicted molar refractivity (Wildman–Crippen MR) is 105 cm³/mol. The number of pyridine rings is 1. The van der Waals surface area contributed by atoms with Gasteiger partial charge in [-0.3, -0.25) is 4.79 Å². The number of nitrogens with one attached hydrogen (secondary N) is 2. The van der Waals surface area contributed by atoms with Crippen LogP contribution in [0, 0.1) is 12.7 Å². The lowest BCUT2D eigenvalue weighted by molar-refractivity contribution is 0.102. The first-order chi connectivity index (χ1) is 13.4. The number of fused-ring (bicyclic) bond motifs is 1. The Hall–Kier alpha value is -3.55. The molecule has 8 heteroatoms. The van der Waals surface area contributed by atoms with Gasteiger partial charge in [-0.05, 0) is 51.1 Å². The Morgan fingerprint density at radius 3 is 2.86 bits per heavy atom. The van der Waals surface area contributed by atoms with Crippen LogP contribution >= 0.6 is 0 Å². The fourth-order valence-electron chi connectivity index (χ4n) is 3.21. The summed E-state index contributed by atoms with van der Waals surface area (Å²) in [5.74, 6) is 0.358. The van der Waals surface area contributed by atoms with Crippen LogP contribution in [0.25, 0.3) is 22.4 Å². The third-order valence-electron chi connectivity index (χ3n) is 4.52. The number of aromatic amines is 1. The lowest BCUT2D eigenvalue weighted by Gasteiger charge is -2.10. The van der Waals surface area contributed by atoms with Crippen LogP contribution in [-0.4, -0.2) is 30.6 Å². The fourth-order valence-corrected chi connectivity index (χ4v) is 3.21. The van der Waals surface area contributed by atoms with Crippen LogP contribution in [0.5, 0.6) is 0 Å². The topological polar surface area (TPSA) is 88.5 Å². The summed E-state index contributed by atoms with van der Waals surface area (Å²) in [6, 6.07) is 9.81. The van der Waals surface area contributed by atoms with Gasteiger partial charge in [-0.25, -0.2) is 9.37 Å². The molecule has 0 radical (unpaired) electrons. The van der Waals surface area contributed by atoms with E-state index in [1.165, 1.54) is 12.1 Å². The van der Waals surface area contributed by atoms with Gasteiger partial charge in [0.2, 0.25) is 0 Å². The monoisotopic (exact) mass is 378 g/mol. The molecular formula is C20H19FN6O. The molecule has 28 heavy (non-hydrogen) atoms. The number of benzene rings is 1. The number of hydrogen-bond acceptors (Lipinski definition) is 4. The standard InChI is InChI=1S/C20H19FN6O/c1-11(2)27-10-22-26-19(27)15-5-4-6-17(24-15)25-20(28)18-12(3)23-16-9-13(21)7-8-14(16)18/h4-11,23H,1-3H3,(H,24,25,28). The van der Waals surface area contributed by atoms with E-state index in [1.54, 1.807) is 31.5 Å². The van der Waals surface area contributed by atoms with Crippen LogP contribution in [0.2, 0.25) is 0 Å². The molecule has 0 saturated heterocycles. The van der Waals surface area contributed by atoms with Gasteiger partial charge >= 0.3 is 0 Å². The zero-order chi connectivity index (χ0) is 19.8. The van der Waals surface area contributed by atoms with Gasteiger partial charge in [-0.1, -0.05) is 6.07 Å². The van der Waals surface area contributed by atoms with Gasteiger partial charge in [0.05, 0.1) is 5.56 Å². The molecule has 2 N–H and O–H groups in total. The first-order valence-corrected chi connectivity index (χ1v) is 8.90. The Bertz CT molecular complexity index is 1180. The number of amides is 1. The van der Waals surface area contributed by atoms with Crippen LogP contribution in [0.15, 0.2) is 42.7 Å². The molecule has 0 unspecified atom stereocenters. The molecule has 0 fully saturated rings. The SMILES string of the molecule is Cc1[nH]c2cc(F)ccc2c1C(=O)Nc1cccc(-c2nncn2C(C)C)n1. The van der Waals surface area contributed by atoms with Gasteiger partial charge in [0, 0.05) is 22.6 Å². The molecular weight excluding hydrogens is 359 g/mol. The number of carbonyl (C=O) groups is 1. The average molecular weight is 378 g/mol. The van der Waals surface area contributed by atoms with Crippen LogP contribution in [-0.2, 0) is 0 Å². The van der Waals surface area contributed by atoms with Crippen molar-refractivity contribution in [2.24, 2.45) is 0 Å². The molecule has 0 atom stereocenters. The van der Waals surface area contributed by atoms with Gasteiger partial charge in [0.25, 0.3) is 5.91 Å². The summed E-state index contributed by atoms with van der Waals surface area (Å²) in [7, 11) is 0. The highest BCUT2D eigenvalue weighted by atomic mass is 19.1. The molecule has 0 aliphatic heterocycles. The summed E-state index contributed by atoms with van der Waals surface area (Å²) < 4.78 is 15.4. The second kappa shape index (κ2) is 6.88. The van der Waals surface area contributed by atoms with E-state index in [0.29, 0.717) is 39.5 Å². The van der Waals surface area contributed by atoms with Crippen molar-refractivity contribution < 1.29 is 9.18 Å². The smallest absolute Gasteiger partial charge is 0.259 e. The molecule has 1 aromatic carbocycles. The quantitative estimate of drug-likeness (QED) is 0.559. The highest BCUT2D eigenvalue weighted by Crippen LogP contribution is 2.25. The normalized spacial score (nSPS) is 11.3. The van der Waals surface area contributed by atoms with Crippen molar-refractivity contribution in [2.75, 3.05) is 5.32 Å². The minimum Gasteiger partial charge on any atom is -0.358 e. The molecule has 0 spiro atoms. The fraction of sp³-hybridized carbons (Fsp3) is 0.200. The van der Waals surface area contributed by atoms with Crippen LogP contribution in [0.1, 0.15) is 35.9 Å². The molecule has 0 aliphatic carbocycles. The molecule has 4 aromatic rings. The molecule has 0 aliphatic rings. The van der Waals surface area contributed by atoms with Gasteiger partial charge in [-0.15, -0.1) is 10.2 Å². The maximum Gasteiger partial charge on any atom is 0.259 e. The number of aromatic nitrogens is 5. The van der Waals surface area contributed by atoms with E-state index in [4.69, 9.17) is 0 Å². The van der Waals surface area contributed by atoms with Gasteiger partial charge in [-0.2, -0.15) is 0 Å². The first kappa shape index (κ1) is 17.8. The number of hydrogen-bond donors (Lipinski definition) is 2. The van der Waals surface area contributed by atoms with E-state index in [1.807, 2.05) is 24.5 Å². The Morgan fingerprint density at radius 1 is 1.25 bits per heavy atom. The summed E-state index contributed by atoms with van der Waals surface area (Å²) in [5.41, 5.74) is 2.32. The Labute approximate surface area is 160 Å². The second-order valence-corrected chi connectivity index (χ2v) is 6.83. The maximum absolute atomic E-state index is 13.5. The van der Waals surface area contributed by atoms with Crippen molar-refractivity contribution in [2.45, 2.75) is 26.8 Å². The highest BCUT2D eigenvalue weighted by molar-refractivity contribution is 6.13. The Kier molecular flexibility index (Phi) is 4.38. The third kappa shape index (κ3) is 3.13. The van der Waals surface area contributed by atoms with E-state index in [9.17, 15) is 9.18 Å².